The fourth-order valence-electron chi connectivity index (χ4n) is 0.753. The second-order valence-electron chi connectivity index (χ2n) is 2.66. The maximum Gasteiger partial charge on any atom is 0.0224 e. The number of hydrogen-bond donors (Lipinski definition) is 0. The van der Waals surface area contributed by atoms with Crippen molar-refractivity contribution in [3.8, 4) is 0 Å². The van der Waals surface area contributed by atoms with Crippen molar-refractivity contribution in [2.75, 3.05) is 0 Å². The molecule has 0 radical (unpaired) electrons. The fourth-order valence-corrected chi connectivity index (χ4v) is 0.753. The van der Waals surface area contributed by atoms with Crippen LogP contribution < -0.4 is 0 Å². The molecular weight excluding hydrogens is 134 g/mol. The van der Waals surface area contributed by atoms with Crippen LogP contribution in [0.25, 0.3) is 0 Å². The summed E-state index contributed by atoms with van der Waals surface area (Å²) in [4.78, 5) is 4.23. The molecule has 0 saturated carbocycles. The normalized spacial score (nSPS) is 14.5. The third kappa shape index (κ3) is 5.59. The summed E-state index contributed by atoms with van der Waals surface area (Å²) in [5, 5.41) is 0. The van der Waals surface area contributed by atoms with E-state index in [2.05, 4.69) is 24.9 Å². The van der Waals surface area contributed by atoms with Gasteiger partial charge in [0.05, 0.1) is 0 Å². The Labute approximate surface area is 69.5 Å². The summed E-state index contributed by atoms with van der Waals surface area (Å²) in [5.41, 5.74) is 2.54. The molecule has 0 aliphatic carbocycles. The van der Waals surface area contributed by atoms with E-state index in [4.69, 9.17) is 0 Å². The van der Waals surface area contributed by atoms with Crippen LogP contribution in [0.5, 0.6) is 0 Å². The summed E-state index contributed by atoms with van der Waals surface area (Å²) >= 11 is 0. The zero-order valence-electron chi connectivity index (χ0n) is 7.89. The van der Waals surface area contributed by atoms with Gasteiger partial charge in [-0.15, -0.1) is 0 Å². The molecule has 0 amide bonds. The summed E-state index contributed by atoms with van der Waals surface area (Å²) in [7, 11) is 0. The van der Waals surface area contributed by atoms with Crippen molar-refractivity contribution in [2.45, 2.75) is 34.1 Å². The fraction of sp³-hybridized carbons (Fsp3) is 0.500. The number of rotatable bonds is 3. The molecule has 0 fully saturated rings. The minimum Gasteiger partial charge on any atom is -0.266 e. The number of allylic oxidation sites excluding steroid dienone is 3. The van der Waals surface area contributed by atoms with E-state index in [1.807, 2.05) is 26.1 Å². The van der Waals surface area contributed by atoms with Gasteiger partial charge in [-0.05, 0) is 27.7 Å². The molecule has 0 heterocycles. The van der Waals surface area contributed by atoms with Gasteiger partial charge in [0.2, 0.25) is 0 Å². The van der Waals surface area contributed by atoms with E-state index in [0.717, 1.165) is 6.42 Å². The highest BCUT2D eigenvalue weighted by molar-refractivity contribution is 5.84. The smallest absolute Gasteiger partial charge is 0.0224 e. The topological polar surface area (TPSA) is 12.4 Å². The summed E-state index contributed by atoms with van der Waals surface area (Å²) in [5.74, 6) is 0. The first-order valence-corrected chi connectivity index (χ1v) is 3.97. The maximum absolute atomic E-state index is 4.23. The molecular formula is C10H17N. The highest BCUT2D eigenvalue weighted by Crippen LogP contribution is 2.00. The number of nitrogens with zero attached hydrogens (tertiary/aromatic N) is 1. The van der Waals surface area contributed by atoms with Crippen LogP contribution in [0.4, 0.5) is 0 Å². The standard InChI is InChI=1S/C10H17N/c1-5-7-11-10(4)8-9(3)6-2/h5-7H,8H2,1-4H3/b7-5-,9-6+,11-10-. The van der Waals surface area contributed by atoms with Crippen molar-refractivity contribution < 1.29 is 0 Å². The Bertz CT molecular complexity index is 185. The molecule has 0 rings (SSSR count). The first kappa shape index (κ1) is 10.2. The Morgan fingerprint density at radius 2 is 1.91 bits per heavy atom. The Kier molecular flexibility index (Phi) is 5.44. The quantitative estimate of drug-likeness (QED) is 0.433. The molecule has 0 unspecified atom stereocenters. The van der Waals surface area contributed by atoms with E-state index in [9.17, 15) is 0 Å². The predicted octanol–water partition coefficient (Wildman–Crippen LogP) is 3.34. The Balaban J connectivity index is 3.96. The molecule has 0 atom stereocenters. The van der Waals surface area contributed by atoms with Crippen molar-refractivity contribution in [1.82, 2.24) is 0 Å². The van der Waals surface area contributed by atoms with E-state index in [-0.39, 0.29) is 0 Å². The van der Waals surface area contributed by atoms with Crippen LogP contribution in [0.15, 0.2) is 28.9 Å². The summed E-state index contributed by atoms with van der Waals surface area (Å²) < 4.78 is 0. The molecule has 0 aromatic rings. The van der Waals surface area contributed by atoms with Gasteiger partial charge in [0.15, 0.2) is 0 Å². The maximum atomic E-state index is 4.23. The third-order valence-corrected chi connectivity index (χ3v) is 1.47. The number of aliphatic imine (C=N–C) groups is 1. The van der Waals surface area contributed by atoms with Gasteiger partial charge in [-0.3, -0.25) is 4.99 Å². The molecule has 1 nitrogen and oxygen atoms in total. The monoisotopic (exact) mass is 151 g/mol. The SMILES string of the molecule is C/C=C\N=C(\C)C/C(C)=C/C. The van der Waals surface area contributed by atoms with E-state index in [1.54, 1.807) is 0 Å². The largest absolute Gasteiger partial charge is 0.266 e. The third-order valence-electron chi connectivity index (χ3n) is 1.47. The molecule has 0 aliphatic heterocycles. The molecule has 0 spiro atoms. The van der Waals surface area contributed by atoms with Gasteiger partial charge in [-0.2, -0.15) is 0 Å². The van der Waals surface area contributed by atoms with Crippen LogP contribution in [0.1, 0.15) is 34.1 Å². The van der Waals surface area contributed by atoms with Crippen LogP contribution in [0, 0.1) is 0 Å². The number of hydrogen-bond acceptors (Lipinski definition) is 1. The van der Waals surface area contributed by atoms with Crippen LogP contribution in [0.2, 0.25) is 0 Å². The summed E-state index contributed by atoms with van der Waals surface area (Å²) in [6.07, 6.45) is 6.88. The van der Waals surface area contributed by atoms with Crippen LogP contribution in [0.3, 0.4) is 0 Å². The van der Waals surface area contributed by atoms with Crippen LogP contribution in [-0.4, -0.2) is 5.71 Å². The van der Waals surface area contributed by atoms with E-state index in [1.165, 1.54) is 11.3 Å². The van der Waals surface area contributed by atoms with E-state index < -0.39 is 0 Å². The lowest BCUT2D eigenvalue weighted by molar-refractivity contribution is 1.22. The van der Waals surface area contributed by atoms with Gasteiger partial charge >= 0.3 is 0 Å². The lowest BCUT2D eigenvalue weighted by Crippen LogP contribution is -1.90. The highest BCUT2D eigenvalue weighted by Gasteiger charge is 1.90. The van der Waals surface area contributed by atoms with E-state index in [0.29, 0.717) is 0 Å². The molecule has 0 N–H and O–H groups in total. The van der Waals surface area contributed by atoms with Crippen molar-refractivity contribution in [1.29, 1.82) is 0 Å². The van der Waals surface area contributed by atoms with Crippen molar-refractivity contribution in [3.63, 3.8) is 0 Å². The lowest BCUT2D eigenvalue weighted by atomic mass is 10.1. The Hall–Kier alpha value is -0.850. The van der Waals surface area contributed by atoms with Gasteiger partial charge in [0.25, 0.3) is 0 Å². The molecule has 11 heavy (non-hydrogen) atoms. The van der Waals surface area contributed by atoms with Crippen molar-refractivity contribution >= 4 is 5.71 Å². The second-order valence-corrected chi connectivity index (χ2v) is 2.66. The minimum absolute atomic E-state index is 0.987. The molecule has 0 aliphatic rings. The van der Waals surface area contributed by atoms with Crippen molar-refractivity contribution in [2.24, 2.45) is 4.99 Å². The van der Waals surface area contributed by atoms with E-state index >= 15 is 0 Å². The van der Waals surface area contributed by atoms with Crippen molar-refractivity contribution in [3.05, 3.63) is 23.9 Å². The molecule has 0 aromatic carbocycles. The Morgan fingerprint density at radius 3 is 2.36 bits per heavy atom. The Morgan fingerprint density at radius 1 is 1.27 bits per heavy atom. The molecule has 1 heteroatoms. The van der Waals surface area contributed by atoms with Crippen LogP contribution >= 0.6 is 0 Å². The van der Waals surface area contributed by atoms with Gasteiger partial charge in [0.1, 0.15) is 0 Å². The highest BCUT2D eigenvalue weighted by atomic mass is 14.7. The van der Waals surface area contributed by atoms with Gasteiger partial charge in [0, 0.05) is 18.3 Å². The summed E-state index contributed by atoms with van der Waals surface area (Å²) in [6.45, 7) is 8.19. The molecule has 0 aromatic heterocycles. The average molecular weight is 151 g/mol. The first-order chi connectivity index (χ1) is 5.20. The molecule has 62 valence electrons. The zero-order valence-corrected chi connectivity index (χ0v) is 7.89. The molecule has 0 bridgehead atoms. The van der Waals surface area contributed by atoms with Gasteiger partial charge in [-0.25, -0.2) is 0 Å². The predicted molar refractivity (Wildman–Crippen MR) is 52.0 cm³/mol. The average Bonchev–Trinajstić information content (AvgIpc) is 2.00. The minimum atomic E-state index is 0.987. The van der Waals surface area contributed by atoms with Crippen LogP contribution in [-0.2, 0) is 0 Å². The zero-order chi connectivity index (χ0) is 8.69. The molecule has 0 saturated heterocycles. The lowest BCUT2D eigenvalue weighted by Gasteiger charge is -1.97. The summed E-state index contributed by atoms with van der Waals surface area (Å²) in [6, 6.07) is 0. The van der Waals surface area contributed by atoms with Gasteiger partial charge < -0.3 is 0 Å². The second kappa shape index (κ2) is 5.90. The first-order valence-electron chi connectivity index (χ1n) is 3.97. The van der Waals surface area contributed by atoms with Gasteiger partial charge in [-0.1, -0.05) is 17.7 Å².